The molecule has 0 bridgehead atoms. The molecule has 0 spiro atoms. The van der Waals surface area contributed by atoms with E-state index in [4.69, 9.17) is 4.74 Å². The van der Waals surface area contributed by atoms with Gasteiger partial charge in [-0.15, -0.1) is 0 Å². The van der Waals surface area contributed by atoms with E-state index in [9.17, 15) is 0 Å². The van der Waals surface area contributed by atoms with E-state index in [-0.39, 0.29) is 0 Å². The minimum atomic E-state index is 0.508. The van der Waals surface area contributed by atoms with E-state index < -0.39 is 0 Å². The molecule has 3 aliphatic rings. The number of allylic oxidation sites excluding steroid dienone is 4. The Labute approximate surface area is 103 Å². The Bertz CT molecular complexity index is 162. The van der Waals surface area contributed by atoms with Crippen molar-refractivity contribution in [2.75, 3.05) is 13.2 Å². The third kappa shape index (κ3) is 8.92. The van der Waals surface area contributed by atoms with E-state index >= 15 is 0 Å². The third-order valence-electron chi connectivity index (χ3n) is 2.98. The van der Waals surface area contributed by atoms with Crippen LogP contribution in [0.2, 0.25) is 12.1 Å². The van der Waals surface area contributed by atoms with Gasteiger partial charge in [-0.05, 0) is 19.3 Å². The van der Waals surface area contributed by atoms with Crippen LogP contribution in [-0.4, -0.2) is 22.7 Å². The van der Waals surface area contributed by atoms with Crippen molar-refractivity contribution in [3.05, 3.63) is 24.3 Å². The van der Waals surface area contributed by atoms with Crippen molar-refractivity contribution >= 4 is 9.52 Å². The van der Waals surface area contributed by atoms with Gasteiger partial charge in [-0.3, -0.25) is 0 Å². The first-order valence-corrected chi connectivity index (χ1v) is 8.89. The molecule has 16 heavy (non-hydrogen) atoms. The van der Waals surface area contributed by atoms with Gasteiger partial charge in [0.25, 0.3) is 0 Å². The van der Waals surface area contributed by atoms with Crippen LogP contribution in [0.5, 0.6) is 0 Å². The van der Waals surface area contributed by atoms with E-state index in [0.29, 0.717) is 9.52 Å². The second-order valence-electron chi connectivity index (χ2n) is 4.53. The van der Waals surface area contributed by atoms with Crippen molar-refractivity contribution < 1.29 is 4.74 Å². The normalized spacial score (nSPS) is 22.0. The lowest BCUT2D eigenvalue weighted by Gasteiger charge is -2.04. The third-order valence-corrected chi connectivity index (χ3v) is 4.98. The molecule has 0 N–H and O–H groups in total. The first-order valence-electron chi connectivity index (χ1n) is 6.89. The molecule has 0 aromatic rings. The van der Waals surface area contributed by atoms with Crippen LogP contribution >= 0.6 is 0 Å². The van der Waals surface area contributed by atoms with Crippen molar-refractivity contribution in [2.24, 2.45) is 0 Å². The van der Waals surface area contributed by atoms with Crippen LogP contribution in [0, 0.1) is 0 Å². The van der Waals surface area contributed by atoms with E-state index in [1.54, 1.807) is 24.9 Å². The Morgan fingerprint density at radius 2 is 1.38 bits per heavy atom. The summed E-state index contributed by atoms with van der Waals surface area (Å²) >= 11 is 0. The van der Waals surface area contributed by atoms with Gasteiger partial charge in [-0.1, -0.05) is 55.7 Å². The molecule has 2 aliphatic heterocycles. The van der Waals surface area contributed by atoms with Crippen LogP contribution in [0.25, 0.3) is 0 Å². The summed E-state index contributed by atoms with van der Waals surface area (Å²) in [5.74, 6) is 0. The monoisotopic (exact) mass is 238 g/mol. The highest BCUT2D eigenvalue weighted by Gasteiger charge is 1.96. The van der Waals surface area contributed by atoms with E-state index in [2.05, 4.69) is 24.3 Å². The smallest absolute Gasteiger partial charge is 0.0466 e. The van der Waals surface area contributed by atoms with Crippen molar-refractivity contribution in [1.82, 2.24) is 0 Å². The molecule has 0 aromatic carbocycles. The molecule has 0 aromatic heterocycles. The van der Waals surface area contributed by atoms with E-state index in [1.165, 1.54) is 19.3 Å². The predicted molar refractivity (Wildman–Crippen MR) is 75.0 cm³/mol. The second kappa shape index (κ2) is 11.2. The SMILES string of the molecule is C1=CCC=C1.C1CCOC1.C1CC[SiH2]CC1. The Morgan fingerprint density at radius 3 is 1.56 bits per heavy atom. The topological polar surface area (TPSA) is 9.23 Å². The average molecular weight is 238 g/mol. The van der Waals surface area contributed by atoms with Crippen molar-refractivity contribution in [2.45, 2.75) is 50.6 Å². The first kappa shape index (κ1) is 13.7. The van der Waals surface area contributed by atoms with Crippen molar-refractivity contribution in [1.29, 1.82) is 0 Å². The standard InChI is InChI=1S/C5H12Si.C5H6.C4H8O/c1-2-4-6-5-3-1;2*1-2-4-5-3-1/h1-6H2;1-4H,5H2;1-4H2. The fraction of sp³-hybridized carbons (Fsp3) is 0.714. The highest BCUT2D eigenvalue weighted by atomic mass is 28.2. The lowest BCUT2D eigenvalue weighted by atomic mass is 10.3. The molecule has 2 fully saturated rings. The second-order valence-corrected chi connectivity index (χ2v) is 6.65. The summed E-state index contributed by atoms with van der Waals surface area (Å²) in [5, 5.41) is 0. The van der Waals surface area contributed by atoms with Gasteiger partial charge in [0, 0.05) is 22.7 Å². The van der Waals surface area contributed by atoms with Gasteiger partial charge in [-0.25, -0.2) is 0 Å². The zero-order valence-corrected chi connectivity index (χ0v) is 11.9. The van der Waals surface area contributed by atoms with Crippen LogP contribution in [-0.2, 0) is 4.74 Å². The zero-order chi connectivity index (χ0) is 11.3. The molecule has 2 heterocycles. The minimum absolute atomic E-state index is 0.508. The molecular formula is C14H26OSi. The Kier molecular flexibility index (Phi) is 9.56. The molecule has 0 saturated carbocycles. The maximum Gasteiger partial charge on any atom is 0.0466 e. The summed E-state index contributed by atoms with van der Waals surface area (Å²) in [6.07, 6.45) is 16.7. The molecule has 0 amide bonds. The summed E-state index contributed by atoms with van der Waals surface area (Å²) in [4.78, 5) is 0. The highest BCUT2D eigenvalue weighted by molar-refractivity contribution is 6.35. The molecular weight excluding hydrogens is 212 g/mol. The summed E-state index contributed by atoms with van der Waals surface area (Å²) < 4.78 is 4.94. The van der Waals surface area contributed by atoms with Gasteiger partial charge in [0.15, 0.2) is 0 Å². The number of rotatable bonds is 0. The molecule has 2 saturated heterocycles. The molecule has 0 atom stereocenters. The van der Waals surface area contributed by atoms with Crippen LogP contribution in [0.15, 0.2) is 24.3 Å². The minimum Gasteiger partial charge on any atom is -0.381 e. The van der Waals surface area contributed by atoms with E-state index in [0.717, 1.165) is 19.6 Å². The Hall–Kier alpha value is -0.343. The van der Waals surface area contributed by atoms with Gasteiger partial charge in [0.2, 0.25) is 0 Å². The van der Waals surface area contributed by atoms with Crippen molar-refractivity contribution in [3.63, 3.8) is 0 Å². The summed E-state index contributed by atoms with van der Waals surface area (Å²) in [6.45, 7) is 2.00. The van der Waals surface area contributed by atoms with E-state index in [1.807, 2.05) is 0 Å². The maximum absolute atomic E-state index is 4.94. The van der Waals surface area contributed by atoms with Gasteiger partial charge < -0.3 is 4.74 Å². The lowest BCUT2D eigenvalue weighted by molar-refractivity contribution is 0.198. The van der Waals surface area contributed by atoms with Gasteiger partial charge in [-0.2, -0.15) is 0 Å². The van der Waals surface area contributed by atoms with Crippen LogP contribution in [0.1, 0.15) is 38.5 Å². The van der Waals surface area contributed by atoms with Crippen LogP contribution < -0.4 is 0 Å². The molecule has 0 radical (unpaired) electrons. The average Bonchev–Trinajstić information content (AvgIpc) is 3.10. The van der Waals surface area contributed by atoms with Gasteiger partial charge in [0.1, 0.15) is 0 Å². The molecule has 1 nitrogen and oxygen atoms in total. The quantitative estimate of drug-likeness (QED) is 0.587. The van der Waals surface area contributed by atoms with Gasteiger partial charge in [0.05, 0.1) is 0 Å². The number of ether oxygens (including phenoxy) is 1. The van der Waals surface area contributed by atoms with Gasteiger partial charge >= 0.3 is 0 Å². The maximum atomic E-state index is 4.94. The fourth-order valence-electron chi connectivity index (χ4n) is 1.96. The fourth-order valence-corrected chi connectivity index (χ4v) is 3.73. The molecule has 1 aliphatic carbocycles. The summed E-state index contributed by atoms with van der Waals surface area (Å²) in [7, 11) is 0.508. The zero-order valence-electron chi connectivity index (χ0n) is 10.5. The predicted octanol–water partition coefficient (Wildman–Crippen LogP) is 3.48. The number of hydrogen-bond donors (Lipinski definition) is 0. The van der Waals surface area contributed by atoms with Crippen LogP contribution in [0.4, 0.5) is 0 Å². The molecule has 2 heteroatoms. The summed E-state index contributed by atoms with van der Waals surface area (Å²) in [6, 6.07) is 3.28. The Morgan fingerprint density at radius 1 is 0.750 bits per heavy atom. The number of hydrogen-bond acceptors (Lipinski definition) is 1. The molecule has 3 rings (SSSR count). The largest absolute Gasteiger partial charge is 0.381 e. The highest BCUT2D eigenvalue weighted by Crippen LogP contribution is 2.10. The van der Waals surface area contributed by atoms with Crippen LogP contribution in [0.3, 0.4) is 0 Å². The Balaban J connectivity index is 0.000000121. The molecule has 92 valence electrons. The summed E-state index contributed by atoms with van der Waals surface area (Å²) in [5.41, 5.74) is 0. The van der Waals surface area contributed by atoms with Crippen molar-refractivity contribution in [3.8, 4) is 0 Å². The first-order chi connectivity index (χ1) is 8.00. The molecule has 0 unspecified atom stereocenters. The lowest BCUT2D eigenvalue weighted by Crippen LogP contribution is -1.94.